The molecule has 2 aliphatic rings. The van der Waals surface area contributed by atoms with E-state index in [1.807, 2.05) is 6.07 Å². The van der Waals surface area contributed by atoms with Crippen molar-refractivity contribution in [1.29, 1.82) is 0 Å². The van der Waals surface area contributed by atoms with E-state index in [4.69, 9.17) is 5.73 Å². The molecule has 2 heteroatoms. The largest absolute Gasteiger partial charge is 0.508 e. The van der Waals surface area contributed by atoms with Crippen molar-refractivity contribution in [3.8, 4) is 5.75 Å². The SMILES string of the molecule is NCC1Cc2c(O)cccc2C12CC2. The zero-order chi connectivity index (χ0) is 9.76. The number of benzene rings is 1. The normalized spacial score (nSPS) is 26.5. The van der Waals surface area contributed by atoms with Gasteiger partial charge in [0.15, 0.2) is 0 Å². The summed E-state index contributed by atoms with van der Waals surface area (Å²) in [5.41, 5.74) is 8.67. The lowest BCUT2D eigenvalue weighted by molar-refractivity contribution is 0.442. The van der Waals surface area contributed by atoms with Gasteiger partial charge in [0.25, 0.3) is 0 Å². The molecule has 0 amide bonds. The summed E-state index contributed by atoms with van der Waals surface area (Å²) in [4.78, 5) is 0. The monoisotopic (exact) mass is 189 g/mol. The van der Waals surface area contributed by atoms with Crippen molar-refractivity contribution in [1.82, 2.24) is 0 Å². The molecule has 2 aliphatic carbocycles. The lowest BCUT2D eigenvalue weighted by Gasteiger charge is -2.16. The molecule has 1 saturated carbocycles. The molecule has 0 aromatic heterocycles. The van der Waals surface area contributed by atoms with Crippen LogP contribution in [0, 0.1) is 5.92 Å². The van der Waals surface area contributed by atoms with Crippen LogP contribution in [-0.2, 0) is 11.8 Å². The molecule has 3 N–H and O–H groups in total. The first-order valence-electron chi connectivity index (χ1n) is 5.29. The van der Waals surface area contributed by atoms with Crippen molar-refractivity contribution in [3.63, 3.8) is 0 Å². The van der Waals surface area contributed by atoms with Gasteiger partial charge in [0.05, 0.1) is 0 Å². The number of hydrogen-bond acceptors (Lipinski definition) is 2. The molecule has 1 aromatic carbocycles. The van der Waals surface area contributed by atoms with E-state index in [9.17, 15) is 5.11 Å². The molecular formula is C12H15NO. The summed E-state index contributed by atoms with van der Waals surface area (Å²) < 4.78 is 0. The minimum atomic E-state index is 0.350. The molecule has 1 aromatic rings. The van der Waals surface area contributed by atoms with E-state index in [0.717, 1.165) is 18.5 Å². The first-order chi connectivity index (χ1) is 6.78. The van der Waals surface area contributed by atoms with Gasteiger partial charge in [-0.1, -0.05) is 12.1 Å². The summed E-state index contributed by atoms with van der Waals surface area (Å²) in [6.45, 7) is 0.744. The first kappa shape index (κ1) is 8.30. The molecule has 14 heavy (non-hydrogen) atoms. The van der Waals surface area contributed by atoms with Crippen LogP contribution in [0.2, 0.25) is 0 Å². The van der Waals surface area contributed by atoms with Crippen molar-refractivity contribution in [2.24, 2.45) is 11.7 Å². The molecule has 0 bridgehead atoms. The van der Waals surface area contributed by atoms with Crippen molar-refractivity contribution in [3.05, 3.63) is 29.3 Å². The molecule has 2 nitrogen and oxygen atoms in total. The minimum Gasteiger partial charge on any atom is -0.508 e. The Labute approximate surface area is 83.7 Å². The van der Waals surface area contributed by atoms with Crippen molar-refractivity contribution < 1.29 is 5.11 Å². The Morgan fingerprint density at radius 2 is 2.21 bits per heavy atom. The minimum absolute atomic E-state index is 0.350. The second-order valence-corrected chi connectivity index (χ2v) is 4.60. The second-order valence-electron chi connectivity index (χ2n) is 4.60. The highest BCUT2D eigenvalue weighted by molar-refractivity contribution is 5.51. The Morgan fingerprint density at radius 3 is 2.86 bits per heavy atom. The molecule has 1 fully saturated rings. The molecule has 3 rings (SSSR count). The molecule has 74 valence electrons. The molecular weight excluding hydrogens is 174 g/mol. The fourth-order valence-corrected chi connectivity index (χ4v) is 3.04. The van der Waals surface area contributed by atoms with Gasteiger partial charge in [-0.3, -0.25) is 0 Å². The Kier molecular flexibility index (Phi) is 1.49. The van der Waals surface area contributed by atoms with Crippen LogP contribution >= 0.6 is 0 Å². The van der Waals surface area contributed by atoms with E-state index >= 15 is 0 Å². The van der Waals surface area contributed by atoms with Crippen LogP contribution in [0.4, 0.5) is 0 Å². The summed E-state index contributed by atoms with van der Waals surface area (Å²) in [5, 5.41) is 9.76. The Hall–Kier alpha value is -1.02. The molecule has 1 atom stereocenters. The Bertz CT molecular complexity index is 382. The fourth-order valence-electron chi connectivity index (χ4n) is 3.04. The predicted octanol–water partition coefficient (Wildman–Crippen LogP) is 1.55. The second kappa shape index (κ2) is 2.51. The van der Waals surface area contributed by atoms with Gasteiger partial charge >= 0.3 is 0 Å². The smallest absolute Gasteiger partial charge is 0.119 e. The van der Waals surface area contributed by atoms with Crippen LogP contribution in [0.3, 0.4) is 0 Å². The van der Waals surface area contributed by atoms with Crippen LogP contribution in [0.5, 0.6) is 5.75 Å². The van der Waals surface area contributed by atoms with E-state index in [0.29, 0.717) is 17.1 Å². The Morgan fingerprint density at radius 1 is 1.43 bits per heavy atom. The third-order valence-corrected chi connectivity index (χ3v) is 3.99. The number of hydrogen-bond donors (Lipinski definition) is 2. The predicted molar refractivity (Wildman–Crippen MR) is 55.3 cm³/mol. The topological polar surface area (TPSA) is 46.2 Å². The average molecular weight is 189 g/mol. The summed E-state index contributed by atoms with van der Waals surface area (Å²) in [5.74, 6) is 1.02. The number of rotatable bonds is 1. The van der Waals surface area contributed by atoms with Crippen molar-refractivity contribution >= 4 is 0 Å². The van der Waals surface area contributed by atoms with Gasteiger partial charge in [-0.05, 0) is 48.9 Å². The quantitative estimate of drug-likeness (QED) is 0.704. The highest BCUT2D eigenvalue weighted by Crippen LogP contribution is 2.60. The van der Waals surface area contributed by atoms with Crippen LogP contribution in [-0.4, -0.2) is 11.7 Å². The van der Waals surface area contributed by atoms with Crippen molar-refractivity contribution in [2.75, 3.05) is 6.54 Å². The molecule has 0 saturated heterocycles. The van der Waals surface area contributed by atoms with Gasteiger partial charge in [-0.15, -0.1) is 0 Å². The van der Waals surface area contributed by atoms with Crippen LogP contribution in [0.1, 0.15) is 24.0 Å². The molecule has 0 aliphatic heterocycles. The van der Waals surface area contributed by atoms with Gasteiger partial charge in [0.1, 0.15) is 5.75 Å². The van der Waals surface area contributed by atoms with Gasteiger partial charge in [-0.25, -0.2) is 0 Å². The average Bonchev–Trinajstić information content (AvgIpc) is 2.89. The van der Waals surface area contributed by atoms with E-state index in [1.165, 1.54) is 18.4 Å². The first-order valence-corrected chi connectivity index (χ1v) is 5.29. The van der Waals surface area contributed by atoms with E-state index in [1.54, 1.807) is 6.07 Å². The number of phenols is 1. The van der Waals surface area contributed by atoms with E-state index in [2.05, 4.69) is 6.07 Å². The molecule has 0 heterocycles. The van der Waals surface area contributed by atoms with E-state index < -0.39 is 0 Å². The highest BCUT2D eigenvalue weighted by Gasteiger charge is 2.55. The summed E-state index contributed by atoms with van der Waals surface area (Å²) in [6.07, 6.45) is 3.48. The number of phenolic OH excluding ortho intramolecular Hbond substituents is 1. The number of fused-ring (bicyclic) bond motifs is 2. The lowest BCUT2D eigenvalue weighted by atomic mass is 9.89. The number of aromatic hydroxyl groups is 1. The standard InChI is InChI=1S/C12H15NO/c13-7-8-6-9-10(12(8)4-5-12)2-1-3-11(9)14/h1-3,8,14H,4-7,13H2. The maximum Gasteiger partial charge on any atom is 0.119 e. The van der Waals surface area contributed by atoms with Crippen LogP contribution < -0.4 is 5.73 Å². The van der Waals surface area contributed by atoms with Gasteiger partial charge in [-0.2, -0.15) is 0 Å². The maximum atomic E-state index is 9.76. The third kappa shape index (κ3) is 0.845. The highest BCUT2D eigenvalue weighted by atomic mass is 16.3. The molecule has 0 radical (unpaired) electrons. The van der Waals surface area contributed by atoms with Gasteiger partial charge in [0.2, 0.25) is 0 Å². The summed E-state index contributed by atoms with van der Waals surface area (Å²) in [6, 6.07) is 5.90. The van der Waals surface area contributed by atoms with Crippen LogP contribution in [0.15, 0.2) is 18.2 Å². The van der Waals surface area contributed by atoms with Crippen molar-refractivity contribution in [2.45, 2.75) is 24.7 Å². The van der Waals surface area contributed by atoms with Gasteiger partial charge in [0, 0.05) is 5.41 Å². The maximum absolute atomic E-state index is 9.76. The summed E-state index contributed by atoms with van der Waals surface area (Å²) in [7, 11) is 0. The zero-order valence-electron chi connectivity index (χ0n) is 8.16. The van der Waals surface area contributed by atoms with E-state index in [-0.39, 0.29) is 0 Å². The Balaban J connectivity index is 2.14. The van der Waals surface area contributed by atoms with Gasteiger partial charge < -0.3 is 10.8 Å². The number of nitrogens with two attached hydrogens (primary N) is 1. The molecule has 1 unspecified atom stereocenters. The van der Waals surface area contributed by atoms with Crippen LogP contribution in [0.25, 0.3) is 0 Å². The molecule has 1 spiro atoms. The fraction of sp³-hybridized carbons (Fsp3) is 0.500. The lowest BCUT2D eigenvalue weighted by Crippen LogP contribution is -2.23. The zero-order valence-corrected chi connectivity index (χ0v) is 8.16. The third-order valence-electron chi connectivity index (χ3n) is 3.99. The summed E-state index contributed by atoms with van der Waals surface area (Å²) >= 11 is 0.